The van der Waals surface area contributed by atoms with Gasteiger partial charge in [-0.2, -0.15) is 0 Å². The van der Waals surface area contributed by atoms with Crippen molar-refractivity contribution in [2.24, 2.45) is 0 Å². The van der Waals surface area contributed by atoms with E-state index in [1.165, 1.54) is 0 Å². The number of nitrogens with one attached hydrogen (secondary N) is 2. The van der Waals surface area contributed by atoms with Crippen molar-refractivity contribution in [1.29, 1.82) is 0 Å². The van der Waals surface area contributed by atoms with E-state index in [0.717, 1.165) is 19.4 Å². The van der Waals surface area contributed by atoms with Crippen molar-refractivity contribution in [2.75, 3.05) is 27.2 Å². The molecule has 0 aliphatic carbocycles. The Labute approximate surface area is 96.6 Å². The number of hydrogen-bond acceptors (Lipinski definition) is 3. The fourth-order valence-electron chi connectivity index (χ4n) is 1.82. The van der Waals surface area contributed by atoms with Gasteiger partial charge >= 0.3 is 0 Å². The van der Waals surface area contributed by atoms with E-state index in [9.17, 15) is 9.59 Å². The molecule has 1 aliphatic rings. The maximum atomic E-state index is 11.8. The molecule has 0 aromatic carbocycles. The first-order valence-electron chi connectivity index (χ1n) is 5.81. The van der Waals surface area contributed by atoms with E-state index in [1.807, 2.05) is 0 Å². The van der Waals surface area contributed by atoms with Crippen LogP contribution in [-0.4, -0.2) is 49.9 Å². The third kappa shape index (κ3) is 4.18. The number of hydrogen-bond donors (Lipinski definition) is 2. The molecule has 2 amide bonds. The minimum absolute atomic E-state index is 0.0290. The zero-order valence-electron chi connectivity index (χ0n) is 10.1. The highest BCUT2D eigenvalue weighted by Crippen LogP contribution is 2.09. The normalized spacial score (nSPS) is 19.5. The summed E-state index contributed by atoms with van der Waals surface area (Å²) in [5.41, 5.74) is 0. The van der Waals surface area contributed by atoms with Crippen LogP contribution in [0, 0.1) is 0 Å². The Hall–Kier alpha value is -1.10. The van der Waals surface area contributed by atoms with Crippen LogP contribution in [0.25, 0.3) is 0 Å². The van der Waals surface area contributed by atoms with Gasteiger partial charge in [0.15, 0.2) is 0 Å². The van der Waals surface area contributed by atoms with E-state index < -0.39 is 0 Å². The minimum Gasteiger partial charge on any atom is -0.359 e. The Balaban J connectivity index is 2.21. The van der Waals surface area contributed by atoms with Gasteiger partial charge in [-0.05, 0) is 19.4 Å². The van der Waals surface area contributed by atoms with Crippen LogP contribution >= 0.6 is 0 Å². The fraction of sp³-hybridized carbons (Fsp3) is 0.818. The van der Waals surface area contributed by atoms with Crippen molar-refractivity contribution in [3.05, 3.63) is 0 Å². The molecule has 1 atom stereocenters. The fourth-order valence-corrected chi connectivity index (χ4v) is 1.82. The Morgan fingerprint density at radius 3 is 2.81 bits per heavy atom. The van der Waals surface area contributed by atoms with Gasteiger partial charge in [0.25, 0.3) is 0 Å². The van der Waals surface area contributed by atoms with Gasteiger partial charge in [0, 0.05) is 39.5 Å². The lowest BCUT2D eigenvalue weighted by molar-refractivity contribution is -0.131. The van der Waals surface area contributed by atoms with Crippen LogP contribution in [0.5, 0.6) is 0 Å². The second-order valence-electron chi connectivity index (χ2n) is 4.24. The Morgan fingerprint density at radius 2 is 2.25 bits per heavy atom. The summed E-state index contributed by atoms with van der Waals surface area (Å²) in [7, 11) is 3.35. The van der Waals surface area contributed by atoms with Gasteiger partial charge < -0.3 is 15.5 Å². The smallest absolute Gasteiger partial charge is 0.223 e. The molecule has 1 aliphatic heterocycles. The van der Waals surface area contributed by atoms with Gasteiger partial charge in [0.05, 0.1) is 0 Å². The largest absolute Gasteiger partial charge is 0.359 e. The molecule has 0 spiro atoms. The molecule has 92 valence electrons. The molecule has 1 unspecified atom stereocenters. The SMILES string of the molecule is CNC(=O)CCN(C)C(=O)CC1CCCN1. The molecule has 16 heavy (non-hydrogen) atoms. The lowest BCUT2D eigenvalue weighted by atomic mass is 10.1. The van der Waals surface area contributed by atoms with E-state index in [0.29, 0.717) is 25.4 Å². The van der Waals surface area contributed by atoms with Gasteiger partial charge in [-0.1, -0.05) is 0 Å². The summed E-state index contributed by atoms with van der Waals surface area (Å²) in [4.78, 5) is 24.4. The lowest BCUT2D eigenvalue weighted by Crippen LogP contribution is -2.35. The zero-order chi connectivity index (χ0) is 12.0. The monoisotopic (exact) mass is 227 g/mol. The Morgan fingerprint density at radius 1 is 1.50 bits per heavy atom. The zero-order valence-corrected chi connectivity index (χ0v) is 10.1. The van der Waals surface area contributed by atoms with Crippen LogP contribution in [0.4, 0.5) is 0 Å². The second-order valence-corrected chi connectivity index (χ2v) is 4.24. The minimum atomic E-state index is -0.0290. The Kier molecular flexibility index (Phi) is 5.25. The molecule has 0 aromatic heterocycles. The molecule has 1 fully saturated rings. The molecule has 5 nitrogen and oxygen atoms in total. The summed E-state index contributed by atoms with van der Waals surface area (Å²) in [6.45, 7) is 1.51. The van der Waals surface area contributed by atoms with Crippen molar-refractivity contribution in [3.63, 3.8) is 0 Å². The average molecular weight is 227 g/mol. The van der Waals surface area contributed by atoms with Crippen molar-refractivity contribution in [1.82, 2.24) is 15.5 Å². The predicted octanol–water partition coefficient (Wildman–Crippen LogP) is -0.277. The van der Waals surface area contributed by atoms with E-state index in [1.54, 1.807) is 19.0 Å². The highest BCUT2D eigenvalue weighted by atomic mass is 16.2. The molecule has 1 heterocycles. The Bertz CT molecular complexity index is 250. The van der Waals surface area contributed by atoms with Gasteiger partial charge in [-0.3, -0.25) is 9.59 Å². The summed E-state index contributed by atoms with van der Waals surface area (Å²) in [6, 6.07) is 0.329. The van der Waals surface area contributed by atoms with Crippen molar-refractivity contribution in [3.8, 4) is 0 Å². The van der Waals surface area contributed by atoms with Crippen molar-refractivity contribution in [2.45, 2.75) is 31.7 Å². The number of amides is 2. The van der Waals surface area contributed by atoms with Gasteiger partial charge in [-0.15, -0.1) is 0 Å². The van der Waals surface area contributed by atoms with E-state index >= 15 is 0 Å². The second kappa shape index (κ2) is 6.48. The van der Waals surface area contributed by atoms with Gasteiger partial charge in [0.2, 0.25) is 11.8 Å². The first-order valence-corrected chi connectivity index (χ1v) is 5.81. The highest BCUT2D eigenvalue weighted by molar-refractivity contribution is 5.79. The van der Waals surface area contributed by atoms with Crippen LogP contribution in [0.1, 0.15) is 25.7 Å². The highest BCUT2D eigenvalue weighted by Gasteiger charge is 2.19. The maximum absolute atomic E-state index is 11.8. The molecule has 0 saturated carbocycles. The number of carbonyl (C=O) groups is 2. The van der Waals surface area contributed by atoms with Crippen LogP contribution in [0.3, 0.4) is 0 Å². The van der Waals surface area contributed by atoms with Crippen LogP contribution in [0.15, 0.2) is 0 Å². The first kappa shape index (κ1) is 13.0. The average Bonchev–Trinajstić information content (AvgIpc) is 2.77. The summed E-state index contributed by atoms with van der Waals surface area (Å²) < 4.78 is 0. The number of nitrogens with zero attached hydrogens (tertiary/aromatic N) is 1. The molecule has 1 saturated heterocycles. The van der Waals surface area contributed by atoms with E-state index in [2.05, 4.69) is 10.6 Å². The molecular formula is C11H21N3O2. The van der Waals surface area contributed by atoms with Crippen molar-refractivity contribution >= 4 is 11.8 Å². The molecule has 0 aromatic rings. The molecule has 1 rings (SSSR count). The maximum Gasteiger partial charge on any atom is 0.223 e. The third-order valence-electron chi connectivity index (χ3n) is 2.96. The molecule has 0 radical (unpaired) electrons. The van der Waals surface area contributed by atoms with Crippen molar-refractivity contribution < 1.29 is 9.59 Å². The van der Waals surface area contributed by atoms with Gasteiger partial charge in [-0.25, -0.2) is 0 Å². The summed E-state index contributed by atoms with van der Waals surface area (Å²) in [6.07, 6.45) is 3.15. The standard InChI is InChI=1S/C11H21N3O2/c1-12-10(15)5-7-14(2)11(16)8-9-4-3-6-13-9/h9,13H,3-8H2,1-2H3,(H,12,15). The molecular weight excluding hydrogens is 206 g/mol. The molecule has 0 bridgehead atoms. The molecule has 2 N–H and O–H groups in total. The predicted molar refractivity (Wildman–Crippen MR) is 62.0 cm³/mol. The number of rotatable bonds is 5. The van der Waals surface area contributed by atoms with Crippen LogP contribution in [-0.2, 0) is 9.59 Å². The summed E-state index contributed by atoms with van der Waals surface area (Å²) in [5.74, 6) is 0.0851. The van der Waals surface area contributed by atoms with E-state index in [4.69, 9.17) is 0 Å². The number of carbonyl (C=O) groups excluding carboxylic acids is 2. The lowest BCUT2D eigenvalue weighted by Gasteiger charge is -2.19. The summed E-state index contributed by atoms with van der Waals surface area (Å²) >= 11 is 0. The first-order chi connectivity index (χ1) is 7.63. The summed E-state index contributed by atoms with van der Waals surface area (Å²) in [5, 5.41) is 5.83. The van der Waals surface area contributed by atoms with E-state index in [-0.39, 0.29) is 11.8 Å². The quantitative estimate of drug-likeness (QED) is 0.679. The van der Waals surface area contributed by atoms with Crippen LogP contribution < -0.4 is 10.6 Å². The van der Waals surface area contributed by atoms with Crippen LogP contribution in [0.2, 0.25) is 0 Å². The van der Waals surface area contributed by atoms with Gasteiger partial charge in [0.1, 0.15) is 0 Å². The third-order valence-corrected chi connectivity index (χ3v) is 2.96. The topological polar surface area (TPSA) is 61.4 Å². The molecule has 5 heteroatoms.